The first-order valence-electron chi connectivity index (χ1n) is 4.47. The summed E-state index contributed by atoms with van der Waals surface area (Å²) in [6.07, 6.45) is 2.55. The summed E-state index contributed by atoms with van der Waals surface area (Å²) in [4.78, 5) is 4.23. The van der Waals surface area contributed by atoms with Crippen LogP contribution in [0.1, 0.15) is 31.5 Å². The second-order valence-electron chi connectivity index (χ2n) is 3.52. The van der Waals surface area contributed by atoms with Gasteiger partial charge in [0.15, 0.2) is 0 Å². The van der Waals surface area contributed by atoms with E-state index in [-0.39, 0.29) is 0 Å². The molecule has 68 valence electrons. The van der Waals surface area contributed by atoms with Crippen molar-refractivity contribution in [2.45, 2.75) is 32.6 Å². The molecule has 0 aromatic carbocycles. The van der Waals surface area contributed by atoms with Crippen molar-refractivity contribution in [1.29, 1.82) is 5.26 Å². The summed E-state index contributed by atoms with van der Waals surface area (Å²) in [6.45, 7) is 5.95. The van der Waals surface area contributed by atoms with E-state index in [4.69, 9.17) is 5.26 Å². The fraction of sp³-hybridized carbons (Fsp3) is 0.455. The third-order valence-electron chi connectivity index (χ3n) is 2.43. The zero-order valence-corrected chi connectivity index (χ0v) is 8.33. The number of nitrogens with zero attached hydrogens (tertiary/aromatic N) is 2. The van der Waals surface area contributed by atoms with E-state index < -0.39 is 5.41 Å². The zero-order valence-electron chi connectivity index (χ0n) is 8.33. The van der Waals surface area contributed by atoms with Crippen molar-refractivity contribution in [1.82, 2.24) is 4.98 Å². The molecule has 1 unspecified atom stereocenters. The molecule has 0 N–H and O–H groups in total. The van der Waals surface area contributed by atoms with Gasteiger partial charge in [-0.2, -0.15) is 5.26 Å². The summed E-state index contributed by atoms with van der Waals surface area (Å²) >= 11 is 0. The minimum absolute atomic E-state index is 0.438. The minimum Gasteiger partial charge on any atom is -0.260 e. The summed E-state index contributed by atoms with van der Waals surface area (Å²) in [5, 5.41) is 9.04. The second-order valence-corrected chi connectivity index (χ2v) is 3.52. The van der Waals surface area contributed by atoms with Gasteiger partial charge in [-0.05, 0) is 38.0 Å². The molecule has 1 heterocycles. The molecule has 2 heteroatoms. The maximum absolute atomic E-state index is 9.04. The highest BCUT2D eigenvalue weighted by Crippen LogP contribution is 2.24. The summed E-state index contributed by atoms with van der Waals surface area (Å²) < 4.78 is 0. The van der Waals surface area contributed by atoms with Gasteiger partial charge >= 0.3 is 0 Å². The molecule has 0 fully saturated rings. The lowest BCUT2D eigenvalue weighted by atomic mass is 9.85. The molecule has 0 aliphatic carbocycles. The number of aryl methyl sites for hydroxylation is 1. The number of nitriles is 1. The van der Waals surface area contributed by atoms with Crippen molar-refractivity contribution in [2.24, 2.45) is 0 Å². The normalized spacial score (nSPS) is 14.6. The van der Waals surface area contributed by atoms with E-state index in [0.717, 1.165) is 17.7 Å². The summed E-state index contributed by atoms with van der Waals surface area (Å²) in [7, 11) is 0. The molecule has 0 aliphatic heterocycles. The van der Waals surface area contributed by atoms with Crippen LogP contribution in [0.4, 0.5) is 0 Å². The molecular formula is C11H14N2. The predicted molar refractivity (Wildman–Crippen MR) is 52.2 cm³/mol. The molecule has 1 aromatic rings. The van der Waals surface area contributed by atoms with Gasteiger partial charge in [-0.15, -0.1) is 0 Å². The van der Waals surface area contributed by atoms with Crippen molar-refractivity contribution in [3.05, 3.63) is 29.6 Å². The Morgan fingerprint density at radius 2 is 2.31 bits per heavy atom. The Morgan fingerprint density at radius 3 is 2.77 bits per heavy atom. The number of rotatable bonds is 2. The predicted octanol–water partition coefficient (Wildman–Crippen LogP) is 2.58. The Balaban J connectivity index is 3.14. The smallest absolute Gasteiger partial charge is 0.0962 e. The van der Waals surface area contributed by atoms with E-state index in [2.05, 4.69) is 11.1 Å². The first kappa shape index (κ1) is 9.73. The molecule has 0 aliphatic rings. The van der Waals surface area contributed by atoms with Crippen molar-refractivity contribution >= 4 is 0 Å². The molecular weight excluding hydrogens is 160 g/mol. The molecule has 1 atom stereocenters. The average Bonchev–Trinajstić information content (AvgIpc) is 2.17. The maximum Gasteiger partial charge on any atom is 0.0962 e. The third-order valence-corrected chi connectivity index (χ3v) is 2.43. The lowest BCUT2D eigenvalue weighted by molar-refractivity contribution is 0.567. The summed E-state index contributed by atoms with van der Waals surface area (Å²) in [5.41, 5.74) is 1.59. The van der Waals surface area contributed by atoms with Crippen LogP contribution >= 0.6 is 0 Å². The van der Waals surface area contributed by atoms with E-state index in [9.17, 15) is 0 Å². The zero-order chi connectivity index (χ0) is 9.90. The topological polar surface area (TPSA) is 36.7 Å². The number of pyridine rings is 1. The van der Waals surface area contributed by atoms with E-state index >= 15 is 0 Å². The van der Waals surface area contributed by atoms with Crippen LogP contribution in [0.5, 0.6) is 0 Å². The van der Waals surface area contributed by atoms with Crippen LogP contribution in [-0.2, 0) is 5.41 Å². The van der Waals surface area contributed by atoms with E-state index in [1.54, 1.807) is 6.20 Å². The standard InChI is InChI=1S/C11H14N2/c1-4-11(3,8-12)10-7-9(2)5-6-13-10/h5-7H,4H2,1-3H3. The van der Waals surface area contributed by atoms with Gasteiger partial charge in [0.1, 0.15) is 0 Å². The lowest BCUT2D eigenvalue weighted by Gasteiger charge is -2.18. The van der Waals surface area contributed by atoms with Gasteiger partial charge in [-0.1, -0.05) is 6.92 Å². The van der Waals surface area contributed by atoms with Gasteiger partial charge in [0.25, 0.3) is 0 Å². The van der Waals surface area contributed by atoms with Gasteiger partial charge in [-0.3, -0.25) is 4.98 Å². The number of aromatic nitrogens is 1. The van der Waals surface area contributed by atoms with Crippen LogP contribution in [-0.4, -0.2) is 4.98 Å². The molecule has 1 rings (SSSR count). The Hall–Kier alpha value is -1.36. The summed E-state index contributed by atoms with van der Waals surface area (Å²) in [5.74, 6) is 0. The highest BCUT2D eigenvalue weighted by molar-refractivity contribution is 5.27. The molecule has 1 aromatic heterocycles. The molecule has 0 saturated carbocycles. The van der Waals surface area contributed by atoms with Gasteiger partial charge in [0.05, 0.1) is 17.2 Å². The molecule has 13 heavy (non-hydrogen) atoms. The summed E-state index contributed by atoms with van der Waals surface area (Å²) in [6, 6.07) is 6.23. The van der Waals surface area contributed by atoms with Crippen molar-refractivity contribution < 1.29 is 0 Å². The second kappa shape index (κ2) is 3.57. The monoisotopic (exact) mass is 174 g/mol. The first-order valence-corrected chi connectivity index (χ1v) is 4.47. The SMILES string of the molecule is CCC(C)(C#N)c1cc(C)ccn1. The van der Waals surface area contributed by atoms with Gasteiger partial charge in [0, 0.05) is 6.20 Å². The van der Waals surface area contributed by atoms with Crippen LogP contribution in [0.25, 0.3) is 0 Å². The Labute approximate surface area is 79.2 Å². The Kier molecular flexibility index (Phi) is 2.67. The largest absolute Gasteiger partial charge is 0.260 e. The highest BCUT2D eigenvalue weighted by Gasteiger charge is 2.25. The van der Waals surface area contributed by atoms with Crippen LogP contribution in [0.2, 0.25) is 0 Å². The van der Waals surface area contributed by atoms with Crippen LogP contribution in [0, 0.1) is 18.3 Å². The highest BCUT2D eigenvalue weighted by atomic mass is 14.7. The molecule has 0 bridgehead atoms. The lowest BCUT2D eigenvalue weighted by Crippen LogP contribution is -2.19. The minimum atomic E-state index is -0.438. The molecule has 0 amide bonds. The molecule has 0 radical (unpaired) electrons. The van der Waals surface area contributed by atoms with Crippen LogP contribution in [0.3, 0.4) is 0 Å². The average molecular weight is 174 g/mol. The molecule has 0 saturated heterocycles. The van der Waals surface area contributed by atoms with Crippen LogP contribution in [0.15, 0.2) is 18.3 Å². The first-order chi connectivity index (χ1) is 6.12. The van der Waals surface area contributed by atoms with E-state index in [0.29, 0.717) is 0 Å². The Morgan fingerprint density at radius 1 is 1.62 bits per heavy atom. The number of hydrogen-bond donors (Lipinski definition) is 0. The van der Waals surface area contributed by atoms with Crippen molar-refractivity contribution in [3.63, 3.8) is 0 Å². The van der Waals surface area contributed by atoms with E-state index in [1.165, 1.54) is 0 Å². The number of hydrogen-bond acceptors (Lipinski definition) is 2. The quantitative estimate of drug-likeness (QED) is 0.691. The fourth-order valence-electron chi connectivity index (χ4n) is 1.16. The maximum atomic E-state index is 9.04. The van der Waals surface area contributed by atoms with Gasteiger partial charge in [0.2, 0.25) is 0 Å². The Bertz CT molecular complexity index is 338. The molecule has 0 spiro atoms. The van der Waals surface area contributed by atoms with Gasteiger partial charge < -0.3 is 0 Å². The fourth-order valence-corrected chi connectivity index (χ4v) is 1.16. The van der Waals surface area contributed by atoms with Crippen LogP contribution < -0.4 is 0 Å². The van der Waals surface area contributed by atoms with Crippen molar-refractivity contribution in [2.75, 3.05) is 0 Å². The van der Waals surface area contributed by atoms with Gasteiger partial charge in [-0.25, -0.2) is 0 Å². The third kappa shape index (κ3) is 1.86. The van der Waals surface area contributed by atoms with Crippen molar-refractivity contribution in [3.8, 4) is 6.07 Å². The molecule has 2 nitrogen and oxygen atoms in total. The van der Waals surface area contributed by atoms with E-state index in [1.807, 2.05) is 32.9 Å².